The number of halogens is 1. The third-order valence-electron chi connectivity index (χ3n) is 3.85. The highest BCUT2D eigenvalue weighted by atomic mass is 19.1. The first kappa shape index (κ1) is 15.3. The fourth-order valence-corrected chi connectivity index (χ4v) is 2.76. The van der Waals surface area contributed by atoms with E-state index < -0.39 is 6.10 Å². The number of ether oxygens (including phenoxy) is 1. The second-order valence-electron chi connectivity index (χ2n) is 5.54. The smallest absolute Gasteiger partial charge is 0.268 e. The Labute approximate surface area is 134 Å². The molecule has 5 heteroatoms. The monoisotopic (exact) mass is 315 g/mol. The number of benzene rings is 2. The van der Waals surface area contributed by atoms with E-state index in [1.165, 1.54) is 18.2 Å². The number of nitrogens with zero attached hydrogens (tertiary/aromatic N) is 1. The van der Waals surface area contributed by atoms with Crippen molar-refractivity contribution >= 4 is 11.6 Å². The maximum atomic E-state index is 13.9. The molecule has 1 unspecified atom stereocenters. The Morgan fingerprint density at radius 3 is 2.78 bits per heavy atom. The van der Waals surface area contributed by atoms with E-state index in [4.69, 9.17) is 4.74 Å². The van der Waals surface area contributed by atoms with Gasteiger partial charge in [0.1, 0.15) is 17.3 Å². The third-order valence-corrected chi connectivity index (χ3v) is 3.85. The van der Waals surface area contributed by atoms with E-state index in [0.717, 1.165) is 6.42 Å². The van der Waals surface area contributed by atoms with Gasteiger partial charge in [-0.15, -0.1) is 0 Å². The average molecular weight is 315 g/mol. The van der Waals surface area contributed by atoms with Crippen molar-refractivity contribution in [2.45, 2.75) is 25.9 Å². The highest BCUT2D eigenvalue weighted by Gasteiger charge is 2.34. The average Bonchev–Trinajstić information content (AvgIpc) is 2.54. The molecule has 0 radical (unpaired) electrons. The van der Waals surface area contributed by atoms with Crippen molar-refractivity contribution in [1.29, 1.82) is 0 Å². The molecule has 0 aliphatic carbocycles. The van der Waals surface area contributed by atoms with Gasteiger partial charge in [0.15, 0.2) is 6.10 Å². The number of carbonyl (C=O) groups excluding carboxylic acids is 1. The summed E-state index contributed by atoms with van der Waals surface area (Å²) in [5, 5.41) is 9.65. The number of hydrogen-bond acceptors (Lipinski definition) is 3. The van der Waals surface area contributed by atoms with E-state index in [1.807, 2.05) is 6.92 Å². The van der Waals surface area contributed by atoms with Crippen molar-refractivity contribution in [1.82, 2.24) is 0 Å². The molecule has 0 aromatic heterocycles. The van der Waals surface area contributed by atoms with Gasteiger partial charge in [0.25, 0.3) is 5.91 Å². The molecule has 1 aliphatic rings. The normalized spacial score (nSPS) is 16.9. The Hall–Kier alpha value is -2.56. The molecule has 23 heavy (non-hydrogen) atoms. The number of anilines is 1. The second kappa shape index (κ2) is 6.28. The molecule has 0 fully saturated rings. The molecule has 1 atom stereocenters. The van der Waals surface area contributed by atoms with Crippen molar-refractivity contribution in [3.8, 4) is 11.5 Å². The lowest BCUT2D eigenvalue weighted by molar-refractivity contribution is -0.126. The summed E-state index contributed by atoms with van der Waals surface area (Å²) >= 11 is 0. The van der Waals surface area contributed by atoms with Gasteiger partial charge in [-0.25, -0.2) is 4.39 Å². The van der Waals surface area contributed by atoms with Gasteiger partial charge >= 0.3 is 0 Å². The molecule has 120 valence electrons. The molecule has 1 heterocycles. The summed E-state index contributed by atoms with van der Waals surface area (Å²) in [6.07, 6.45) is 0.176. The highest BCUT2D eigenvalue weighted by Crippen LogP contribution is 2.37. The molecule has 2 aromatic carbocycles. The van der Waals surface area contributed by atoms with Gasteiger partial charge in [0, 0.05) is 19.0 Å². The zero-order valence-corrected chi connectivity index (χ0v) is 12.8. The fraction of sp³-hybridized carbons (Fsp3) is 0.278. The van der Waals surface area contributed by atoms with Crippen molar-refractivity contribution in [2.75, 3.05) is 11.4 Å². The van der Waals surface area contributed by atoms with Crippen LogP contribution in [0.4, 0.5) is 10.1 Å². The zero-order valence-electron chi connectivity index (χ0n) is 12.8. The minimum atomic E-state index is -0.768. The van der Waals surface area contributed by atoms with Crippen LogP contribution in [0.25, 0.3) is 0 Å². The lowest BCUT2D eigenvalue weighted by atomic mass is 10.0. The van der Waals surface area contributed by atoms with E-state index in [9.17, 15) is 14.3 Å². The Kier molecular flexibility index (Phi) is 4.19. The number of carbonyl (C=O) groups is 1. The van der Waals surface area contributed by atoms with Crippen molar-refractivity contribution in [3.63, 3.8) is 0 Å². The van der Waals surface area contributed by atoms with E-state index in [-0.39, 0.29) is 23.9 Å². The summed E-state index contributed by atoms with van der Waals surface area (Å²) in [7, 11) is 0. The van der Waals surface area contributed by atoms with Crippen LogP contribution in [0.2, 0.25) is 0 Å². The van der Waals surface area contributed by atoms with Crippen LogP contribution >= 0.6 is 0 Å². The molecule has 1 N–H and O–H groups in total. The summed E-state index contributed by atoms with van der Waals surface area (Å²) < 4.78 is 19.6. The predicted octanol–water partition coefficient (Wildman–Crippen LogP) is 3.28. The van der Waals surface area contributed by atoms with Crippen LogP contribution in [-0.4, -0.2) is 23.7 Å². The summed E-state index contributed by atoms with van der Waals surface area (Å²) in [4.78, 5) is 14.3. The van der Waals surface area contributed by atoms with Gasteiger partial charge in [-0.2, -0.15) is 0 Å². The number of amides is 1. The molecular weight excluding hydrogens is 297 g/mol. The van der Waals surface area contributed by atoms with Crippen LogP contribution in [0, 0.1) is 5.82 Å². The van der Waals surface area contributed by atoms with Gasteiger partial charge in [0.2, 0.25) is 0 Å². The largest absolute Gasteiger partial charge is 0.508 e. The van der Waals surface area contributed by atoms with Crippen LogP contribution in [-0.2, 0) is 11.2 Å². The second-order valence-corrected chi connectivity index (χ2v) is 5.54. The van der Waals surface area contributed by atoms with Crippen LogP contribution in [0.3, 0.4) is 0 Å². The van der Waals surface area contributed by atoms with Gasteiger partial charge in [0.05, 0.1) is 5.69 Å². The molecule has 0 saturated heterocycles. The van der Waals surface area contributed by atoms with Gasteiger partial charge in [-0.3, -0.25) is 4.79 Å². The molecule has 4 nitrogen and oxygen atoms in total. The van der Waals surface area contributed by atoms with Crippen LogP contribution in [0.15, 0.2) is 42.5 Å². The Morgan fingerprint density at radius 2 is 2.04 bits per heavy atom. The number of fused-ring (bicyclic) bond motifs is 1. The maximum absolute atomic E-state index is 13.9. The zero-order chi connectivity index (χ0) is 16.4. The maximum Gasteiger partial charge on any atom is 0.268 e. The highest BCUT2D eigenvalue weighted by molar-refractivity contribution is 6.00. The number of hydrogen-bond donors (Lipinski definition) is 1. The first-order valence-electron chi connectivity index (χ1n) is 7.64. The number of aromatic hydroxyl groups is 1. The van der Waals surface area contributed by atoms with E-state index in [1.54, 1.807) is 29.2 Å². The molecule has 0 saturated carbocycles. The predicted molar refractivity (Wildman–Crippen MR) is 85.3 cm³/mol. The number of rotatable bonds is 4. The van der Waals surface area contributed by atoms with Crippen molar-refractivity contribution in [2.24, 2.45) is 0 Å². The summed E-state index contributed by atoms with van der Waals surface area (Å²) in [5.74, 6) is 0.0432. The molecule has 1 aliphatic heterocycles. The SMILES string of the molecule is CCCN1C(=O)C(Cc2ccccc2F)Oc2ccc(O)cc21. The van der Waals surface area contributed by atoms with Crippen molar-refractivity contribution < 1.29 is 19.0 Å². The molecule has 2 aromatic rings. The van der Waals surface area contributed by atoms with Gasteiger partial charge in [-0.05, 0) is 30.2 Å². The summed E-state index contributed by atoms with van der Waals surface area (Å²) in [6, 6.07) is 11.0. The molecular formula is C18H18FNO3. The van der Waals surface area contributed by atoms with Crippen LogP contribution in [0.1, 0.15) is 18.9 Å². The summed E-state index contributed by atoms with van der Waals surface area (Å²) in [6.45, 7) is 2.49. The molecule has 1 amide bonds. The molecule has 3 rings (SSSR count). The molecule has 0 spiro atoms. The van der Waals surface area contributed by atoms with Crippen LogP contribution in [0.5, 0.6) is 11.5 Å². The minimum Gasteiger partial charge on any atom is -0.508 e. The van der Waals surface area contributed by atoms with Gasteiger partial charge in [-0.1, -0.05) is 25.1 Å². The number of phenols is 1. The van der Waals surface area contributed by atoms with E-state index in [0.29, 0.717) is 23.5 Å². The van der Waals surface area contributed by atoms with E-state index >= 15 is 0 Å². The third kappa shape index (κ3) is 2.99. The first-order chi connectivity index (χ1) is 11.1. The summed E-state index contributed by atoms with van der Waals surface area (Å²) in [5.41, 5.74) is 1.01. The van der Waals surface area contributed by atoms with Crippen molar-refractivity contribution in [3.05, 3.63) is 53.8 Å². The Morgan fingerprint density at radius 1 is 1.26 bits per heavy atom. The van der Waals surface area contributed by atoms with Gasteiger partial charge < -0.3 is 14.7 Å². The first-order valence-corrected chi connectivity index (χ1v) is 7.64. The lowest BCUT2D eigenvalue weighted by Gasteiger charge is -2.34. The van der Waals surface area contributed by atoms with Crippen LogP contribution < -0.4 is 9.64 Å². The van der Waals surface area contributed by atoms with E-state index in [2.05, 4.69) is 0 Å². The standard InChI is InChI=1S/C18H18FNO3/c1-2-9-20-15-11-13(21)7-8-16(15)23-17(18(20)22)10-12-5-3-4-6-14(12)19/h3-8,11,17,21H,2,9-10H2,1H3. The molecule has 0 bridgehead atoms. The Balaban J connectivity index is 1.93. The lowest BCUT2D eigenvalue weighted by Crippen LogP contribution is -2.47. The Bertz CT molecular complexity index is 732. The number of phenolic OH excluding ortho intramolecular Hbond substituents is 1. The minimum absolute atomic E-state index is 0.0776. The quantitative estimate of drug-likeness (QED) is 0.942. The fourth-order valence-electron chi connectivity index (χ4n) is 2.76. The topological polar surface area (TPSA) is 49.8 Å².